The van der Waals surface area contributed by atoms with Gasteiger partial charge in [-0.2, -0.15) is 0 Å². The molecule has 1 heterocycles. The summed E-state index contributed by atoms with van der Waals surface area (Å²) in [7, 11) is 1.30. The predicted molar refractivity (Wildman–Crippen MR) is 112 cm³/mol. The first kappa shape index (κ1) is 20.8. The number of hydrogen-bond donors (Lipinski definition) is 2. The molecule has 0 aliphatic heterocycles. The predicted octanol–water partition coefficient (Wildman–Crippen LogP) is 4.37. The summed E-state index contributed by atoms with van der Waals surface area (Å²) < 4.78 is 4.99. The number of ether oxygens (including phenoxy) is 1. The van der Waals surface area contributed by atoms with Crippen molar-refractivity contribution in [1.82, 2.24) is 0 Å². The van der Waals surface area contributed by atoms with Gasteiger partial charge in [-0.25, -0.2) is 4.79 Å². The number of anilines is 1. The fourth-order valence-corrected chi connectivity index (χ4v) is 4.76. The number of hydrogen-bond acceptors (Lipinski definition) is 5. The topological polar surface area (TPSA) is 92.7 Å². The number of aliphatic carboxylic acids is 1. The number of benzene rings is 1. The Balaban J connectivity index is 2.02. The van der Waals surface area contributed by atoms with Gasteiger partial charge in [-0.15, -0.1) is 11.3 Å². The molecule has 1 aliphatic rings. The quantitative estimate of drug-likeness (QED) is 0.542. The highest BCUT2D eigenvalue weighted by Gasteiger charge is 2.35. The maximum Gasteiger partial charge on any atom is 0.341 e. The molecule has 1 aromatic carbocycles. The number of rotatable bonds is 6. The summed E-state index contributed by atoms with van der Waals surface area (Å²) >= 11 is 1.33. The van der Waals surface area contributed by atoms with Gasteiger partial charge >= 0.3 is 11.9 Å². The average molecular weight is 413 g/mol. The summed E-state index contributed by atoms with van der Waals surface area (Å²) in [5.74, 6) is -3.38. The maximum absolute atomic E-state index is 12.9. The van der Waals surface area contributed by atoms with Crippen molar-refractivity contribution in [2.75, 3.05) is 12.4 Å². The van der Waals surface area contributed by atoms with Crippen molar-refractivity contribution >= 4 is 34.2 Å². The molecule has 7 heteroatoms. The number of aryl methyl sites for hydroxylation is 1. The van der Waals surface area contributed by atoms with Gasteiger partial charge in [-0.1, -0.05) is 49.4 Å². The van der Waals surface area contributed by atoms with E-state index in [0.717, 1.165) is 16.0 Å². The van der Waals surface area contributed by atoms with Crippen LogP contribution in [-0.4, -0.2) is 30.1 Å². The lowest BCUT2D eigenvalue weighted by molar-refractivity contribution is -0.146. The van der Waals surface area contributed by atoms with E-state index in [1.807, 2.05) is 43.3 Å². The lowest BCUT2D eigenvalue weighted by Crippen LogP contribution is -2.34. The monoisotopic (exact) mass is 413 g/mol. The number of nitrogens with one attached hydrogen (secondary N) is 1. The highest BCUT2D eigenvalue weighted by atomic mass is 32.1. The first-order chi connectivity index (χ1) is 14.0. The summed E-state index contributed by atoms with van der Waals surface area (Å²) in [6.07, 6.45) is 4.96. The van der Waals surface area contributed by atoms with E-state index in [2.05, 4.69) is 5.32 Å². The van der Waals surface area contributed by atoms with Gasteiger partial charge < -0.3 is 15.2 Å². The zero-order valence-corrected chi connectivity index (χ0v) is 17.1. The Hall–Kier alpha value is -2.93. The van der Waals surface area contributed by atoms with E-state index in [4.69, 9.17) is 4.74 Å². The second kappa shape index (κ2) is 9.05. The van der Waals surface area contributed by atoms with Crippen LogP contribution in [0.25, 0.3) is 11.1 Å². The van der Waals surface area contributed by atoms with E-state index in [0.29, 0.717) is 29.8 Å². The standard InChI is InChI=1S/C22H23NO5S/c1-3-16-17(13-9-5-4-6-10-13)18(22(27)28-2)20(29-16)23-19(24)14-11-7-8-12-15(14)21(25)26/h4-10,14-15H,3,11-12H2,1-2H3,(H,23,24)(H,25,26)/t14-,15-/m1/s1. The third-order valence-corrected chi connectivity index (χ3v) is 6.33. The SMILES string of the molecule is CCc1sc(NC(=O)[C@@H]2CC=CC[C@H]2C(=O)O)c(C(=O)OC)c1-c1ccccc1. The number of carboxylic acid groups (broad SMARTS) is 1. The Morgan fingerprint density at radius 1 is 1.14 bits per heavy atom. The van der Waals surface area contributed by atoms with Crippen LogP contribution in [0.1, 0.15) is 35.0 Å². The number of methoxy groups -OCH3 is 1. The molecule has 0 radical (unpaired) electrons. The second-order valence-electron chi connectivity index (χ2n) is 6.80. The highest BCUT2D eigenvalue weighted by molar-refractivity contribution is 7.17. The molecule has 152 valence electrons. The summed E-state index contributed by atoms with van der Waals surface area (Å²) in [6.45, 7) is 1.98. The molecule has 2 atom stereocenters. The normalized spacial score (nSPS) is 18.3. The minimum absolute atomic E-state index is 0.312. The molecule has 6 nitrogen and oxygen atoms in total. The first-order valence-electron chi connectivity index (χ1n) is 9.45. The van der Waals surface area contributed by atoms with Gasteiger partial charge in [-0.05, 0) is 24.8 Å². The lowest BCUT2D eigenvalue weighted by atomic mass is 9.82. The average Bonchev–Trinajstić information content (AvgIpc) is 3.11. The van der Waals surface area contributed by atoms with Crippen LogP contribution < -0.4 is 5.32 Å². The minimum atomic E-state index is -0.993. The number of carbonyl (C=O) groups excluding carboxylic acids is 2. The number of thiophene rings is 1. The number of allylic oxidation sites excluding steroid dienone is 2. The van der Waals surface area contributed by atoms with E-state index in [1.165, 1.54) is 18.4 Å². The van der Waals surface area contributed by atoms with Crippen molar-refractivity contribution in [2.24, 2.45) is 11.8 Å². The minimum Gasteiger partial charge on any atom is -0.481 e. The van der Waals surface area contributed by atoms with Crippen molar-refractivity contribution < 1.29 is 24.2 Å². The number of carbonyl (C=O) groups is 3. The van der Waals surface area contributed by atoms with Crippen LogP contribution >= 0.6 is 11.3 Å². The zero-order chi connectivity index (χ0) is 21.0. The molecular formula is C22H23NO5S. The number of amides is 1. The molecule has 3 rings (SSSR count). The van der Waals surface area contributed by atoms with Crippen LogP contribution in [-0.2, 0) is 20.7 Å². The zero-order valence-electron chi connectivity index (χ0n) is 16.3. The third-order valence-electron chi connectivity index (χ3n) is 5.08. The fraction of sp³-hybridized carbons (Fsp3) is 0.318. The van der Waals surface area contributed by atoms with E-state index in [-0.39, 0.29) is 0 Å². The molecule has 0 saturated heterocycles. The molecular weight excluding hydrogens is 390 g/mol. The van der Waals surface area contributed by atoms with Gasteiger partial charge in [-0.3, -0.25) is 9.59 Å². The van der Waals surface area contributed by atoms with Gasteiger partial charge in [0.15, 0.2) is 0 Å². The fourth-order valence-electron chi connectivity index (χ4n) is 3.60. The van der Waals surface area contributed by atoms with Crippen molar-refractivity contribution in [3.05, 3.63) is 52.9 Å². The first-order valence-corrected chi connectivity index (χ1v) is 10.3. The second-order valence-corrected chi connectivity index (χ2v) is 7.90. The van der Waals surface area contributed by atoms with E-state index in [9.17, 15) is 19.5 Å². The van der Waals surface area contributed by atoms with Crippen molar-refractivity contribution in [3.8, 4) is 11.1 Å². The molecule has 1 aromatic heterocycles. The van der Waals surface area contributed by atoms with Crippen molar-refractivity contribution in [1.29, 1.82) is 0 Å². The van der Waals surface area contributed by atoms with Crippen LogP contribution in [0.5, 0.6) is 0 Å². The Morgan fingerprint density at radius 2 is 1.79 bits per heavy atom. The molecule has 2 N–H and O–H groups in total. The molecule has 29 heavy (non-hydrogen) atoms. The third kappa shape index (κ3) is 4.24. The van der Waals surface area contributed by atoms with Gasteiger partial charge in [0.25, 0.3) is 0 Å². The summed E-state index contributed by atoms with van der Waals surface area (Å²) in [5, 5.41) is 12.7. The van der Waals surface area contributed by atoms with E-state index >= 15 is 0 Å². The van der Waals surface area contributed by atoms with Crippen LogP contribution in [0.15, 0.2) is 42.5 Å². The van der Waals surface area contributed by atoms with Gasteiger partial charge in [0, 0.05) is 10.4 Å². The highest BCUT2D eigenvalue weighted by Crippen LogP contribution is 2.41. The lowest BCUT2D eigenvalue weighted by Gasteiger charge is -2.24. The van der Waals surface area contributed by atoms with Crippen molar-refractivity contribution in [3.63, 3.8) is 0 Å². The van der Waals surface area contributed by atoms with Gasteiger partial charge in [0.1, 0.15) is 10.6 Å². The van der Waals surface area contributed by atoms with Crippen molar-refractivity contribution in [2.45, 2.75) is 26.2 Å². The van der Waals surface area contributed by atoms with Crippen LogP contribution in [0.4, 0.5) is 5.00 Å². The number of esters is 1. The summed E-state index contributed by atoms with van der Waals surface area (Å²) in [6, 6.07) is 9.48. The van der Waals surface area contributed by atoms with Crippen LogP contribution in [0.2, 0.25) is 0 Å². The summed E-state index contributed by atoms with van der Waals surface area (Å²) in [4.78, 5) is 38.0. The molecule has 1 amide bonds. The molecule has 2 aromatic rings. The molecule has 0 saturated carbocycles. The molecule has 0 spiro atoms. The largest absolute Gasteiger partial charge is 0.481 e. The van der Waals surface area contributed by atoms with Gasteiger partial charge in [0.05, 0.1) is 18.9 Å². The van der Waals surface area contributed by atoms with Crippen LogP contribution in [0, 0.1) is 11.8 Å². The van der Waals surface area contributed by atoms with Gasteiger partial charge in [0.2, 0.25) is 5.91 Å². The Labute approximate surface area is 173 Å². The smallest absolute Gasteiger partial charge is 0.341 e. The Bertz CT molecular complexity index is 948. The number of carboxylic acids is 1. The van der Waals surface area contributed by atoms with E-state index < -0.39 is 29.7 Å². The molecule has 1 aliphatic carbocycles. The van der Waals surface area contributed by atoms with E-state index in [1.54, 1.807) is 6.08 Å². The Kier molecular flexibility index (Phi) is 6.49. The Morgan fingerprint density at radius 3 is 2.38 bits per heavy atom. The molecule has 0 bridgehead atoms. The maximum atomic E-state index is 12.9. The molecule has 0 fully saturated rings. The summed E-state index contributed by atoms with van der Waals surface area (Å²) in [5.41, 5.74) is 1.93. The van der Waals surface area contributed by atoms with Crippen LogP contribution in [0.3, 0.4) is 0 Å². The molecule has 0 unspecified atom stereocenters.